The molecule has 25 heavy (non-hydrogen) atoms. The van der Waals surface area contributed by atoms with E-state index in [0.29, 0.717) is 19.6 Å². The van der Waals surface area contributed by atoms with E-state index in [-0.39, 0.29) is 30.1 Å². The highest BCUT2D eigenvalue weighted by molar-refractivity contribution is 5.78. The third kappa shape index (κ3) is 4.84. The number of halogens is 2. The van der Waals surface area contributed by atoms with Gasteiger partial charge in [0.1, 0.15) is 11.6 Å². The average Bonchev–Trinajstić information content (AvgIpc) is 2.62. The van der Waals surface area contributed by atoms with Crippen molar-refractivity contribution in [3.63, 3.8) is 0 Å². The molecule has 2 aromatic rings. The first-order valence-electron chi connectivity index (χ1n) is 8.33. The van der Waals surface area contributed by atoms with Crippen LogP contribution in [0.1, 0.15) is 17.2 Å². The smallest absolute Gasteiger partial charge is 0.234 e. The molecule has 0 aliphatic carbocycles. The molecule has 1 amide bonds. The Hall–Kier alpha value is -2.31. The molecular weight excluding hydrogens is 324 g/mol. The molecule has 1 heterocycles. The van der Waals surface area contributed by atoms with E-state index in [2.05, 4.69) is 10.6 Å². The molecule has 0 radical (unpaired) electrons. The van der Waals surface area contributed by atoms with Crippen molar-refractivity contribution in [1.29, 1.82) is 0 Å². The van der Waals surface area contributed by atoms with Gasteiger partial charge in [-0.25, -0.2) is 8.78 Å². The second-order valence-electron chi connectivity index (χ2n) is 6.15. The number of hydrogen-bond donors (Lipinski definition) is 2. The first kappa shape index (κ1) is 17.5. The van der Waals surface area contributed by atoms with E-state index >= 15 is 0 Å². The Kier molecular flexibility index (Phi) is 5.73. The van der Waals surface area contributed by atoms with Crippen LogP contribution in [-0.2, 0) is 11.3 Å². The normalized spacial score (nSPS) is 18.1. The highest BCUT2D eigenvalue weighted by Gasteiger charge is 2.25. The predicted molar refractivity (Wildman–Crippen MR) is 91.8 cm³/mol. The van der Waals surface area contributed by atoms with Crippen LogP contribution < -0.4 is 10.6 Å². The molecule has 1 aliphatic rings. The van der Waals surface area contributed by atoms with Gasteiger partial charge in [0.15, 0.2) is 0 Å². The minimum atomic E-state index is -0.297. The first-order chi connectivity index (χ1) is 12.1. The average molecular weight is 345 g/mol. The van der Waals surface area contributed by atoms with Gasteiger partial charge < -0.3 is 10.6 Å². The van der Waals surface area contributed by atoms with Crippen LogP contribution in [0.3, 0.4) is 0 Å². The summed E-state index contributed by atoms with van der Waals surface area (Å²) >= 11 is 0. The number of carbonyl (C=O) groups is 1. The highest BCUT2D eigenvalue weighted by atomic mass is 19.1. The van der Waals surface area contributed by atoms with E-state index in [0.717, 1.165) is 17.7 Å². The van der Waals surface area contributed by atoms with Crippen LogP contribution in [0.25, 0.3) is 0 Å². The molecule has 1 aliphatic heterocycles. The zero-order valence-electron chi connectivity index (χ0n) is 13.8. The second-order valence-corrected chi connectivity index (χ2v) is 6.15. The highest BCUT2D eigenvalue weighted by Crippen LogP contribution is 2.22. The summed E-state index contributed by atoms with van der Waals surface area (Å²) in [6.07, 6.45) is 0. The zero-order valence-corrected chi connectivity index (χ0v) is 13.8. The van der Waals surface area contributed by atoms with Crippen molar-refractivity contribution in [1.82, 2.24) is 15.5 Å². The molecule has 2 N–H and O–H groups in total. The summed E-state index contributed by atoms with van der Waals surface area (Å²) in [6.45, 7) is 2.77. The zero-order chi connectivity index (χ0) is 17.6. The Balaban J connectivity index is 1.59. The minimum absolute atomic E-state index is 0.0407. The molecule has 1 saturated heterocycles. The molecule has 0 bridgehead atoms. The lowest BCUT2D eigenvalue weighted by Gasteiger charge is -2.36. The van der Waals surface area contributed by atoms with Gasteiger partial charge in [-0.15, -0.1) is 0 Å². The SMILES string of the molecule is O=C(CN1CCNCC1c1cccc(F)c1)NCc1ccc(F)cc1. The number of carbonyl (C=O) groups excluding carboxylic acids is 1. The van der Waals surface area contributed by atoms with E-state index < -0.39 is 0 Å². The molecule has 132 valence electrons. The number of amides is 1. The molecule has 1 fully saturated rings. The standard InChI is InChI=1S/C19H21F2N3O/c20-16-6-4-14(5-7-16)11-23-19(25)13-24-9-8-22-12-18(24)15-2-1-3-17(21)10-15/h1-7,10,18,22H,8-9,11-13H2,(H,23,25). The maximum absolute atomic E-state index is 13.5. The number of piperazine rings is 1. The van der Waals surface area contributed by atoms with E-state index in [1.54, 1.807) is 18.2 Å². The summed E-state index contributed by atoms with van der Waals surface area (Å²) in [4.78, 5) is 14.3. The fourth-order valence-corrected chi connectivity index (χ4v) is 3.02. The maximum Gasteiger partial charge on any atom is 0.234 e. The van der Waals surface area contributed by atoms with Crippen LogP contribution in [0.4, 0.5) is 8.78 Å². The van der Waals surface area contributed by atoms with Crippen molar-refractivity contribution in [3.05, 3.63) is 71.3 Å². The lowest BCUT2D eigenvalue weighted by Crippen LogP contribution is -2.49. The number of hydrogen-bond acceptors (Lipinski definition) is 3. The Morgan fingerprint density at radius 3 is 2.72 bits per heavy atom. The first-order valence-corrected chi connectivity index (χ1v) is 8.33. The van der Waals surface area contributed by atoms with Gasteiger partial charge in [0.25, 0.3) is 0 Å². The van der Waals surface area contributed by atoms with E-state index in [1.165, 1.54) is 24.3 Å². The fraction of sp³-hybridized carbons (Fsp3) is 0.316. The van der Waals surface area contributed by atoms with Gasteiger partial charge in [-0.05, 0) is 35.4 Å². The van der Waals surface area contributed by atoms with Crippen molar-refractivity contribution >= 4 is 5.91 Å². The number of nitrogens with zero attached hydrogens (tertiary/aromatic N) is 1. The van der Waals surface area contributed by atoms with Gasteiger partial charge in [-0.3, -0.25) is 9.69 Å². The van der Waals surface area contributed by atoms with Gasteiger partial charge in [0.2, 0.25) is 5.91 Å². The third-order valence-corrected chi connectivity index (χ3v) is 4.34. The molecule has 3 rings (SSSR count). The number of nitrogens with one attached hydrogen (secondary N) is 2. The van der Waals surface area contributed by atoms with Crippen molar-refractivity contribution < 1.29 is 13.6 Å². The monoisotopic (exact) mass is 345 g/mol. The van der Waals surface area contributed by atoms with Crippen LogP contribution in [0.2, 0.25) is 0 Å². The molecule has 4 nitrogen and oxygen atoms in total. The topological polar surface area (TPSA) is 44.4 Å². The van der Waals surface area contributed by atoms with Gasteiger partial charge in [0.05, 0.1) is 6.54 Å². The Bertz CT molecular complexity index is 721. The molecular formula is C19H21F2N3O. The van der Waals surface area contributed by atoms with Gasteiger partial charge in [-0.1, -0.05) is 24.3 Å². The van der Waals surface area contributed by atoms with Crippen LogP contribution >= 0.6 is 0 Å². The fourth-order valence-electron chi connectivity index (χ4n) is 3.02. The molecule has 1 unspecified atom stereocenters. The largest absolute Gasteiger partial charge is 0.351 e. The number of rotatable bonds is 5. The van der Waals surface area contributed by atoms with Crippen molar-refractivity contribution in [2.75, 3.05) is 26.2 Å². The summed E-state index contributed by atoms with van der Waals surface area (Å²) in [6, 6.07) is 12.5. The summed E-state index contributed by atoms with van der Waals surface area (Å²) in [7, 11) is 0. The van der Waals surface area contributed by atoms with Crippen molar-refractivity contribution in [3.8, 4) is 0 Å². The van der Waals surface area contributed by atoms with Gasteiger partial charge >= 0.3 is 0 Å². The predicted octanol–water partition coefficient (Wildman–Crippen LogP) is 2.23. The molecule has 2 aromatic carbocycles. The van der Waals surface area contributed by atoms with Gasteiger partial charge in [-0.2, -0.15) is 0 Å². The summed E-state index contributed by atoms with van der Waals surface area (Å²) in [5.74, 6) is -0.676. The van der Waals surface area contributed by atoms with Crippen LogP contribution in [-0.4, -0.2) is 37.0 Å². The van der Waals surface area contributed by atoms with Crippen molar-refractivity contribution in [2.24, 2.45) is 0 Å². The number of benzene rings is 2. The van der Waals surface area contributed by atoms with E-state index in [1.807, 2.05) is 11.0 Å². The van der Waals surface area contributed by atoms with Crippen LogP contribution in [0.5, 0.6) is 0 Å². The van der Waals surface area contributed by atoms with E-state index in [4.69, 9.17) is 0 Å². The summed E-state index contributed by atoms with van der Waals surface area (Å²) < 4.78 is 26.4. The molecule has 0 spiro atoms. The third-order valence-electron chi connectivity index (χ3n) is 4.34. The Morgan fingerprint density at radius 1 is 1.16 bits per heavy atom. The second kappa shape index (κ2) is 8.18. The molecule has 0 saturated carbocycles. The van der Waals surface area contributed by atoms with Crippen LogP contribution in [0.15, 0.2) is 48.5 Å². The Labute approximate surface area is 145 Å². The summed E-state index contributed by atoms with van der Waals surface area (Å²) in [5, 5.41) is 6.14. The lowest BCUT2D eigenvalue weighted by molar-refractivity contribution is -0.123. The quantitative estimate of drug-likeness (QED) is 0.873. The minimum Gasteiger partial charge on any atom is -0.351 e. The molecule has 1 atom stereocenters. The molecule has 0 aromatic heterocycles. The lowest BCUT2D eigenvalue weighted by atomic mass is 10.0. The van der Waals surface area contributed by atoms with Crippen LogP contribution in [0, 0.1) is 11.6 Å². The molecule has 6 heteroatoms. The maximum atomic E-state index is 13.5. The Morgan fingerprint density at radius 2 is 1.96 bits per heavy atom. The summed E-state index contributed by atoms with van der Waals surface area (Å²) in [5.41, 5.74) is 1.70. The van der Waals surface area contributed by atoms with Crippen molar-refractivity contribution in [2.45, 2.75) is 12.6 Å². The van der Waals surface area contributed by atoms with E-state index in [9.17, 15) is 13.6 Å². The van der Waals surface area contributed by atoms with Gasteiger partial charge in [0, 0.05) is 32.2 Å².